The summed E-state index contributed by atoms with van der Waals surface area (Å²) in [4.78, 5) is 0. The molecule has 6 heteroatoms. The Bertz CT molecular complexity index is 566. The quantitative estimate of drug-likeness (QED) is 0.214. The molecule has 3 nitrogen and oxygen atoms in total. The van der Waals surface area contributed by atoms with Gasteiger partial charge in [0.15, 0.2) is 0 Å². The molecule has 0 N–H and O–H groups in total. The van der Waals surface area contributed by atoms with Crippen molar-refractivity contribution >= 4 is 0 Å². The second-order valence-electron chi connectivity index (χ2n) is 8.17. The maximum atomic E-state index is 12.8. The summed E-state index contributed by atoms with van der Waals surface area (Å²) >= 11 is 0. The molecular weight excluding hydrogens is 393 g/mol. The van der Waals surface area contributed by atoms with E-state index in [1.807, 2.05) is 13.8 Å². The van der Waals surface area contributed by atoms with Crippen LogP contribution in [0.3, 0.4) is 0 Å². The van der Waals surface area contributed by atoms with Crippen LogP contribution in [0.25, 0.3) is 0 Å². The molecule has 0 amide bonds. The molecule has 30 heavy (non-hydrogen) atoms. The van der Waals surface area contributed by atoms with Crippen LogP contribution >= 0.6 is 0 Å². The Morgan fingerprint density at radius 2 is 1.40 bits per heavy atom. The molecule has 1 unspecified atom stereocenters. The van der Waals surface area contributed by atoms with Crippen LogP contribution < -0.4 is 0 Å². The van der Waals surface area contributed by atoms with Crippen molar-refractivity contribution in [3.8, 4) is 0 Å². The molecule has 174 valence electrons. The minimum Gasteiger partial charge on any atom is -0.331 e. The first-order valence-electron chi connectivity index (χ1n) is 11.1. The minimum atomic E-state index is -4.31. The van der Waals surface area contributed by atoms with Gasteiger partial charge in [-0.25, -0.2) is 0 Å². The average Bonchev–Trinajstić information content (AvgIpc) is 2.70. The van der Waals surface area contributed by atoms with E-state index in [0.29, 0.717) is 12.8 Å². The molecule has 1 aromatic rings. The van der Waals surface area contributed by atoms with Gasteiger partial charge in [-0.1, -0.05) is 57.6 Å². The number of benzene rings is 1. The van der Waals surface area contributed by atoms with Gasteiger partial charge < -0.3 is 14.2 Å². The maximum absolute atomic E-state index is 12.8. The van der Waals surface area contributed by atoms with E-state index in [4.69, 9.17) is 14.2 Å². The number of ether oxygens (including phenoxy) is 3. The fourth-order valence-electron chi connectivity index (χ4n) is 3.81. The summed E-state index contributed by atoms with van der Waals surface area (Å²) in [5.41, 5.74) is 0.239. The predicted octanol–water partition coefficient (Wildman–Crippen LogP) is 7.38. The van der Waals surface area contributed by atoms with Crippen LogP contribution in [0.2, 0.25) is 0 Å². The Labute approximate surface area is 180 Å². The summed E-state index contributed by atoms with van der Waals surface area (Å²) < 4.78 is 55.9. The van der Waals surface area contributed by atoms with E-state index in [2.05, 4.69) is 6.92 Å². The SMILES string of the molecule is CCCCCCCCC(CCc1ccc(C(F)(F)F)cc1)C(OC)(OC)OC(C)C. The van der Waals surface area contributed by atoms with Gasteiger partial charge >= 0.3 is 6.18 Å². The zero-order valence-corrected chi connectivity index (χ0v) is 19.2. The Morgan fingerprint density at radius 1 is 0.833 bits per heavy atom. The highest BCUT2D eigenvalue weighted by atomic mass is 19.4. The van der Waals surface area contributed by atoms with E-state index in [9.17, 15) is 13.2 Å². The van der Waals surface area contributed by atoms with Gasteiger partial charge in [0.2, 0.25) is 0 Å². The highest BCUT2D eigenvalue weighted by molar-refractivity contribution is 5.24. The third kappa shape index (κ3) is 8.94. The van der Waals surface area contributed by atoms with E-state index in [-0.39, 0.29) is 12.0 Å². The van der Waals surface area contributed by atoms with Crippen molar-refractivity contribution in [3.63, 3.8) is 0 Å². The molecule has 0 aliphatic rings. The zero-order chi connectivity index (χ0) is 22.6. The van der Waals surface area contributed by atoms with Crippen molar-refractivity contribution in [1.29, 1.82) is 0 Å². The third-order valence-corrected chi connectivity index (χ3v) is 5.44. The van der Waals surface area contributed by atoms with Crippen LogP contribution in [-0.4, -0.2) is 26.3 Å². The van der Waals surface area contributed by atoms with Gasteiger partial charge in [0.1, 0.15) is 0 Å². The topological polar surface area (TPSA) is 27.7 Å². The van der Waals surface area contributed by atoms with Gasteiger partial charge in [0.05, 0.1) is 11.7 Å². The van der Waals surface area contributed by atoms with E-state index < -0.39 is 17.7 Å². The van der Waals surface area contributed by atoms with Gasteiger partial charge in [0.25, 0.3) is 5.97 Å². The summed E-state index contributed by atoms with van der Waals surface area (Å²) in [5, 5.41) is 0. The third-order valence-electron chi connectivity index (χ3n) is 5.44. The standard InChI is InChI=1S/C24H39F3O3/c1-6-7-8-9-10-11-12-22(24(28-4,29-5)30-19(2)3)18-15-20-13-16-21(17-14-20)23(25,26)27/h13-14,16-17,19,22H,6-12,15,18H2,1-5H3. The van der Waals surface area contributed by atoms with Crippen molar-refractivity contribution in [2.75, 3.05) is 14.2 Å². The van der Waals surface area contributed by atoms with Crippen LogP contribution in [0.5, 0.6) is 0 Å². The molecule has 0 bridgehead atoms. The summed E-state index contributed by atoms with van der Waals surface area (Å²) in [7, 11) is 3.16. The molecule has 0 fully saturated rings. The summed E-state index contributed by atoms with van der Waals surface area (Å²) in [6.07, 6.45) is 4.92. The van der Waals surface area contributed by atoms with E-state index in [1.165, 1.54) is 25.7 Å². The minimum absolute atomic E-state index is 0.0247. The summed E-state index contributed by atoms with van der Waals surface area (Å²) in [6, 6.07) is 5.38. The van der Waals surface area contributed by atoms with Crippen LogP contribution in [0, 0.1) is 5.92 Å². The predicted molar refractivity (Wildman–Crippen MR) is 114 cm³/mol. The van der Waals surface area contributed by atoms with Gasteiger partial charge in [-0.15, -0.1) is 0 Å². The number of halogens is 3. The van der Waals surface area contributed by atoms with E-state index in [0.717, 1.165) is 37.0 Å². The van der Waals surface area contributed by atoms with Crippen molar-refractivity contribution in [1.82, 2.24) is 0 Å². The number of methoxy groups -OCH3 is 2. The Morgan fingerprint density at radius 3 is 1.90 bits per heavy atom. The fraction of sp³-hybridized carbons (Fsp3) is 0.750. The maximum Gasteiger partial charge on any atom is 0.416 e. The largest absolute Gasteiger partial charge is 0.416 e. The number of hydrogen-bond acceptors (Lipinski definition) is 3. The molecule has 0 spiro atoms. The van der Waals surface area contributed by atoms with Gasteiger partial charge in [0, 0.05) is 20.1 Å². The van der Waals surface area contributed by atoms with Crippen LogP contribution in [0.4, 0.5) is 13.2 Å². The lowest BCUT2D eigenvalue weighted by Gasteiger charge is -2.39. The number of unbranched alkanes of at least 4 members (excludes halogenated alkanes) is 5. The molecule has 0 radical (unpaired) electrons. The first-order chi connectivity index (χ1) is 14.2. The Kier molecular flexibility index (Phi) is 12.0. The summed E-state index contributed by atoms with van der Waals surface area (Å²) in [6.45, 7) is 6.07. The lowest BCUT2D eigenvalue weighted by atomic mass is 9.91. The van der Waals surface area contributed by atoms with Crippen molar-refractivity contribution in [2.45, 2.75) is 96.8 Å². The average molecular weight is 433 g/mol. The van der Waals surface area contributed by atoms with Crippen molar-refractivity contribution in [3.05, 3.63) is 35.4 Å². The highest BCUT2D eigenvalue weighted by Gasteiger charge is 2.41. The molecule has 1 aromatic carbocycles. The van der Waals surface area contributed by atoms with Crippen molar-refractivity contribution < 1.29 is 27.4 Å². The first kappa shape index (κ1) is 26.9. The molecule has 0 aliphatic heterocycles. The van der Waals surface area contributed by atoms with Crippen LogP contribution in [-0.2, 0) is 26.8 Å². The Hall–Kier alpha value is -1.11. The first-order valence-corrected chi connectivity index (χ1v) is 11.1. The molecule has 0 aliphatic carbocycles. The van der Waals surface area contributed by atoms with Crippen LogP contribution in [0.1, 0.15) is 83.3 Å². The zero-order valence-electron chi connectivity index (χ0n) is 19.2. The fourth-order valence-corrected chi connectivity index (χ4v) is 3.81. The number of rotatable bonds is 15. The lowest BCUT2D eigenvalue weighted by molar-refractivity contribution is -0.399. The molecule has 0 saturated carbocycles. The molecular formula is C24H39F3O3. The number of hydrogen-bond donors (Lipinski definition) is 0. The van der Waals surface area contributed by atoms with Crippen LogP contribution in [0.15, 0.2) is 24.3 Å². The van der Waals surface area contributed by atoms with E-state index >= 15 is 0 Å². The monoisotopic (exact) mass is 432 g/mol. The highest BCUT2D eigenvalue weighted by Crippen LogP contribution is 2.34. The normalized spacial score (nSPS) is 13.8. The lowest BCUT2D eigenvalue weighted by Crippen LogP contribution is -2.46. The smallest absolute Gasteiger partial charge is 0.331 e. The molecule has 1 atom stereocenters. The molecule has 0 saturated heterocycles. The van der Waals surface area contributed by atoms with Gasteiger partial charge in [-0.05, 0) is 50.8 Å². The molecule has 0 aromatic heterocycles. The second kappa shape index (κ2) is 13.3. The van der Waals surface area contributed by atoms with Crippen molar-refractivity contribution in [2.24, 2.45) is 5.92 Å². The molecule has 1 rings (SSSR count). The van der Waals surface area contributed by atoms with Gasteiger partial charge in [-0.3, -0.25) is 0 Å². The number of alkyl halides is 3. The summed E-state index contributed by atoms with van der Waals surface area (Å²) in [5.74, 6) is -1.17. The van der Waals surface area contributed by atoms with Gasteiger partial charge in [-0.2, -0.15) is 13.2 Å². The molecule has 0 heterocycles. The van der Waals surface area contributed by atoms with E-state index in [1.54, 1.807) is 26.4 Å². The number of aryl methyl sites for hydroxylation is 1. The second-order valence-corrected chi connectivity index (χ2v) is 8.17. The Balaban J connectivity index is 2.83.